The van der Waals surface area contributed by atoms with Crippen LogP contribution in [0.1, 0.15) is 0 Å². The number of fused-ring (bicyclic) bond motifs is 11. The summed E-state index contributed by atoms with van der Waals surface area (Å²) >= 11 is 0. The van der Waals surface area contributed by atoms with Gasteiger partial charge in [-0.3, -0.25) is 0 Å². The summed E-state index contributed by atoms with van der Waals surface area (Å²) in [5.41, 5.74) is 17.0. The molecule has 0 radical (unpaired) electrons. The molecule has 80 heavy (non-hydrogen) atoms. The highest BCUT2D eigenvalue weighted by Crippen LogP contribution is 2.51. The summed E-state index contributed by atoms with van der Waals surface area (Å²) in [6.07, 6.45) is 0. The van der Waals surface area contributed by atoms with Crippen LogP contribution in [-0.2, 0) is 0 Å². The van der Waals surface area contributed by atoms with Crippen LogP contribution in [0.25, 0.3) is 132 Å². The molecule has 370 valence electrons. The average molecular weight is 1050 g/mol. The molecule has 2 aromatic heterocycles. The molecule has 4 nitrogen and oxygen atoms in total. The van der Waals surface area contributed by atoms with Gasteiger partial charge in [-0.1, -0.05) is 237 Å². The predicted molar refractivity (Wildman–Crippen MR) is 340 cm³/mol. The van der Waals surface area contributed by atoms with E-state index in [1.54, 1.807) is 0 Å². The van der Waals surface area contributed by atoms with Gasteiger partial charge in [0.2, 0.25) is 0 Å². The van der Waals surface area contributed by atoms with Crippen molar-refractivity contribution in [2.24, 2.45) is 0 Å². The van der Waals surface area contributed by atoms with Gasteiger partial charge in [-0.05, 0) is 133 Å². The lowest BCUT2D eigenvalue weighted by atomic mass is 10.0. The van der Waals surface area contributed by atoms with E-state index < -0.39 is 15.8 Å². The molecule has 0 fully saturated rings. The Balaban J connectivity index is 0.766. The van der Waals surface area contributed by atoms with E-state index in [9.17, 15) is 0 Å². The number of nitrogens with zero attached hydrogens (tertiary/aromatic N) is 4. The second kappa shape index (κ2) is 18.0. The van der Waals surface area contributed by atoms with E-state index in [0.29, 0.717) is 0 Å². The lowest BCUT2D eigenvalue weighted by Crippen LogP contribution is -2.22. The Labute approximate surface area is 464 Å². The van der Waals surface area contributed by atoms with Crippen molar-refractivity contribution in [3.8, 4) is 67.3 Å². The first-order valence-corrected chi connectivity index (χ1v) is 29.9. The number of benzene rings is 13. The van der Waals surface area contributed by atoms with Gasteiger partial charge in [-0.15, -0.1) is 0 Å². The number of hydrogen-bond acceptors (Lipinski definition) is 4. The minimum Gasteiger partial charge on any atom is -0.244 e. The van der Waals surface area contributed by atoms with Crippen LogP contribution in [0, 0.1) is 0 Å². The molecule has 0 aliphatic heterocycles. The molecule has 17 rings (SSSR count). The summed E-state index contributed by atoms with van der Waals surface area (Å²) in [5.74, 6) is 0. The molecule has 2 heterocycles. The van der Waals surface area contributed by atoms with E-state index in [1.165, 1.54) is 97.2 Å². The normalized spacial score (nSPS) is 12.9. The maximum absolute atomic E-state index is 5.23. The van der Waals surface area contributed by atoms with Gasteiger partial charge in [0.05, 0.1) is 44.8 Å². The van der Waals surface area contributed by atoms with Crippen LogP contribution >= 0.6 is 15.8 Å². The second-order valence-electron chi connectivity index (χ2n) is 20.8. The van der Waals surface area contributed by atoms with Crippen LogP contribution < -0.4 is 31.8 Å². The Hall–Kier alpha value is -9.56. The molecular formula is C74H44N4P2. The maximum atomic E-state index is 5.23. The molecule has 15 aromatic rings. The lowest BCUT2D eigenvalue weighted by molar-refractivity contribution is 1.32. The molecule has 0 spiro atoms. The van der Waals surface area contributed by atoms with Crippen LogP contribution in [0.3, 0.4) is 0 Å². The van der Waals surface area contributed by atoms with Crippen molar-refractivity contribution in [2.45, 2.75) is 0 Å². The summed E-state index contributed by atoms with van der Waals surface area (Å²) in [7, 11) is -2.06. The molecule has 0 bridgehead atoms. The Morgan fingerprint density at radius 3 is 1.20 bits per heavy atom. The van der Waals surface area contributed by atoms with Crippen molar-refractivity contribution in [3.05, 3.63) is 267 Å². The predicted octanol–water partition coefficient (Wildman–Crippen LogP) is 16.3. The van der Waals surface area contributed by atoms with E-state index in [0.717, 1.165) is 67.1 Å². The smallest absolute Gasteiger partial charge is 0.0979 e. The van der Waals surface area contributed by atoms with E-state index in [1.807, 2.05) is 24.3 Å². The highest BCUT2D eigenvalue weighted by molar-refractivity contribution is 7.81. The van der Waals surface area contributed by atoms with Gasteiger partial charge in [0, 0.05) is 33.0 Å². The van der Waals surface area contributed by atoms with Crippen molar-refractivity contribution < 1.29 is 0 Å². The van der Waals surface area contributed by atoms with Crippen molar-refractivity contribution in [1.29, 1.82) is 0 Å². The number of hydrogen-bond donors (Lipinski definition) is 0. The Morgan fingerprint density at radius 2 is 0.625 bits per heavy atom. The van der Waals surface area contributed by atoms with Gasteiger partial charge in [-0.2, -0.15) is 0 Å². The molecule has 2 atom stereocenters. The van der Waals surface area contributed by atoms with Crippen LogP contribution in [0.5, 0.6) is 0 Å². The third-order valence-corrected chi connectivity index (χ3v) is 21.6. The first-order chi connectivity index (χ1) is 39.7. The molecular weight excluding hydrogens is 1010 g/mol. The molecule has 0 N–H and O–H groups in total. The molecule has 2 aliphatic carbocycles. The third kappa shape index (κ3) is 6.96. The van der Waals surface area contributed by atoms with Crippen LogP contribution in [0.4, 0.5) is 0 Å². The zero-order valence-corrected chi connectivity index (χ0v) is 44.9. The fraction of sp³-hybridized carbons (Fsp3) is 0. The van der Waals surface area contributed by atoms with Gasteiger partial charge >= 0.3 is 0 Å². The topological polar surface area (TPSA) is 51.6 Å². The summed E-state index contributed by atoms with van der Waals surface area (Å²) in [4.78, 5) is 20.8. The Kier molecular flexibility index (Phi) is 10.2. The summed E-state index contributed by atoms with van der Waals surface area (Å²) < 4.78 is 0. The summed E-state index contributed by atoms with van der Waals surface area (Å²) in [5, 5.41) is 18.0. The molecule has 0 amide bonds. The van der Waals surface area contributed by atoms with Gasteiger partial charge in [-0.25, -0.2) is 19.9 Å². The minimum atomic E-state index is -1.06. The highest BCUT2D eigenvalue weighted by atomic mass is 31.1. The molecule has 2 aliphatic rings. The third-order valence-electron chi connectivity index (χ3n) is 16.5. The monoisotopic (exact) mass is 1050 g/mol. The van der Waals surface area contributed by atoms with Crippen LogP contribution in [0.2, 0.25) is 0 Å². The largest absolute Gasteiger partial charge is 0.244 e. The summed E-state index contributed by atoms with van der Waals surface area (Å²) in [6.45, 7) is 0. The fourth-order valence-corrected chi connectivity index (χ4v) is 18.1. The van der Waals surface area contributed by atoms with Gasteiger partial charge in [0.1, 0.15) is 0 Å². The molecule has 0 saturated heterocycles. The van der Waals surface area contributed by atoms with E-state index in [4.69, 9.17) is 19.9 Å². The first-order valence-electron chi connectivity index (χ1n) is 27.2. The molecule has 6 heteroatoms. The van der Waals surface area contributed by atoms with Crippen molar-refractivity contribution >= 4 is 113 Å². The van der Waals surface area contributed by atoms with Crippen molar-refractivity contribution in [2.75, 3.05) is 0 Å². The van der Waals surface area contributed by atoms with Crippen molar-refractivity contribution in [3.63, 3.8) is 0 Å². The van der Waals surface area contributed by atoms with Crippen LogP contribution in [0.15, 0.2) is 267 Å². The SMILES string of the molecule is c1ccc(P(c2ccccc2-c2ccc(-c3ccc(P(c4ccc5c6c(cccc46)-c4nc6ccccc6nc4-5)c4cc5ccccc5c5ccccc45)cc3)cc2)c2ccc3c4c(cccc24)-c2nc4ccccc4nc2-3)cc1. The maximum Gasteiger partial charge on any atom is 0.0979 e. The lowest BCUT2D eigenvalue weighted by Gasteiger charge is -2.24. The quantitative estimate of drug-likeness (QED) is 0.112. The Morgan fingerprint density at radius 1 is 0.225 bits per heavy atom. The van der Waals surface area contributed by atoms with Gasteiger partial charge in [0.15, 0.2) is 0 Å². The Bertz CT molecular complexity index is 4980. The van der Waals surface area contributed by atoms with Gasteiger partial charge < -0.3 is 0 Å². The van der Waals surface area contributed by atoms with E-state index in [-0.39, 0.29) is 0 Å². The number of rotatable bonds is 8. The van der Waals surface area contributed by atoms with E-state index in [2.05, 4.69) is 243 Å². The average Bonchev–Trinajstić information content (AvgIpc) is 4.24. The molecule has 0 saturated carbocycles. The fourth-order valence-electron chi connectivity index (χ4n) is 12.9. The molecule has 13 aromatic carbocycles. The summed E-state index contributed by atoms with van der Waals surface area (Å²) in [6, 6.07) is 98.4. The zero-order valence-electron chi connectivity index (χ0n) is 43.1. The zero-order chi connectivity index (χ0) is 52.4. The molecule has 2 unspecified atom stereocenters. The van der Waals surface area contributed by atoms with E-state index >= 15 is 0 Å². The standard InChI is InChI=1S/C74H44N4P2/c1-2-17-49(18-3-1)79(66-42-40-59-69-55(66)23-14-25-57(69)71-73(59)77-63-29-11-9-27-61(63)75-71)65-31-13-8-20-52(65)47-34-32-45(33-35-47)46-36-38-50(39-37-46)80(68-44-48-16-4-5-19-51(48)53-21-6-7-22-54(53)68)67-43-41-60-70-56(67)24-15-26-58(70)72-74(60)78-64-30-12-10-28-62(64)76-72/h1-44H. The highest BCUT2D eigenvalue weighted by Gasteiger charge is 2.32. The number of para-hydroxylation sites is 4. The number of aromatic nitrogens is 4. The first kappa shape index (κ1) is 45.5. The van der Waals surface area contributed by atoms with Crippen molar-refractivity contribution in [1.82, 2.24) is 19.9 Å². The van der Waals surface area contributed by atoms with Gasteiger partial charge in [0.25, 0.3) is 0 Å². The minimum absolute atomic E-state index is 0.917. The van der Waals surface area contributed by atoms with Crippen LogP contribution in [-0.4, -0.2) is 19.9 Å². The second-order valence-corrected chi connectivity index (χ2v) is 25.2.